The number of methoxy groups -OCH3 is 1. The van der Waals surface area contributed by atoms with Crippen LogP contribution in [-0.4, -0.2) is 23.7 Å². The number of hydrogen-bond donors (Lipinski definition) is 1. The van der Waals surface area contributed by atoms with Crippen molar-refractivity contribution >= 4 is 28.5 Å². The van der Waals surface area contributed by atoms with E-state index in [4.69, 9.17) is 27.4 Å². The average Bonchev–Trinajstić information content (AvgIpc) is 2.83. The number of hydrogen-bond acceptors (Lipinski definition) is 5. The lowest BCUT2D eigenvalue weighted by Crippen LogP contribution is -2.10. The Hall–Kier alpha value is -0.560. The molecule has 0 spiro atoms. The molecule has 2 heterocycles. The Kier molecular flexibility index (Phi) is 3.86. The molecular formula is C10H14N2O2S2. The van der Waals surface area contributed by atoms with Crippen LogP contribution in [0.1, 0.15) is 34.5 Å². The molecule has 1 saturated heterocycles. The zero-order chi connectivity index (χ0) is 11.5. The molecule has 88 valence electrons. The van der Waals surface area contributed by atoms with E-state index < -0.39 is 0 Å². The van der Waals surface area contributed by atoms with E-state index in [2.05, 4.69) is 4.98 Å². The zero-order valence-corrected chi connectivity index (χ0v) is 10.7. The SMILES string of the molecule is COCc1nc(C2CCCO2)sc1C(N)=S. The van der Waals surface area contributed by atoms with Crippen molar-refractivity contribution in [2.24, 2.45) is 5.73 Å². The molecule has 0 amide bonds. The van der Waals surface area contributed by atoms with Crippen molar-refractivity contribution in [3.63, 3.8) is 0 Å². The van der Waals surface area contributed by atoms with E-state index in [1.807, 2.05) is 0 Å². The summed E-state index contributed by atoms with van der Waals surface area (Å²) in [6, 6.07) is 0. The summed E-state index contributed by atoms with van der Waals surface area (Å²) in [5.41, 5.74) is 6.49. The normalized spacial score (nSPS) is 20.2. The summed E-state index contributed by atoms with van der Waals surface area (Å²) < 4.78 is 10.7. The fourth-order valence-electron chi connectivity index (χ4n) is 1.71. The molecular weight excluding hydrogens is 244 g/mol. The smallest absolute Gasteiger partial charge is 0.123 e. The van der Waals surface area contributed by atoms with Gasteiger partial charge in [-0.2, -0.15) is 0 Å². The lowest BCUT2D eigenvalue weighted by molar-refractivity contribution is 0.111. The fourth-order valence-corrected chi connectivity index (χ4v) is 2.96. The maximum absolute atomic E-state index is 5.66. The van der Waals surface area contributed by atoms with Gasteiger partial charge in [0.1, 0.15) is 16.1 Å². The summed E-state index contributed by atoms with van der Waals surface area (Å²) in [6.07, 6.45) is 2.23. The highest BCUT2D eigenvalue weighted by molar-refractivity contribution is 7.81. The van der Waals surface area contributed by atoms with Crippen LogP contribution in [0.25, 0.3) is 0 Å². The highest BCUT2D eigenvalue weighted by Gasteiger charge is 2.23. The van der Waals surface area contributed by atoms with Crippen LogP contribution in [0.15, 0.2) is 0 Å². The summed E-state index contributed by atoms with van der Waals surface area (Å²) in [5.74, 6) is 0. The third-order valence-electron chi connectivity index (χ3n) is 2.42. The number of ether oxygens (including phenoxy) is 2. The first-order valence-corrected chi connectivity index (χ1v) is 6.34. The zero-order valence-electron chi connectivity index (χ0n) is 9.06. The van der Waals surface area contributed by atoms with Gasteiger partial charge in [-0.3, -0.25) is 0 Å². The van der Waals surface area contributed by atoms with Crippen molar-refractivity contribution in [3.05, 3.63) is 15.6 Å². The van der Waals surface area contributed by atoms with E-state index in [9.17, 15) is 0 Å². The Bertz CT molecular complexity index is 386. The minimum absolute atomic E-state index is 0.115. The molecule has 2 N–H and O–H groups in total. The molecule has 0 saturated carbocycles. The summed E-state index contributed by atoms with van der Waals surface area (Å²) in [4.78, 5) is 5.74. The Morgan fingerprint density at radius 2 is 2.56 bits per heavy atom. The van der Waals surface area contributed by atoms with Gasteiger partial charge in [0.25, 0.3) is 0 Å². The second kappa shape index (κ2) is 5.18. The van der Waals surface area contributed by atoms with E-state index in [-0.39, 0.29) is 6.10 Å². The average molecular weight is 258 g/mol. The first-order valence-electron chi connectivity index (χ1n) is 5.12. The third-order valence-corrected chi connectivity index (χ3v) is 3.98. The largest absolute Gasteiger partial charge is 0.389 e. The van der Waals surface area contributed by atoms with Gasteiger partial charge in [0.15, 0.2) is 0 Å². The minimum Gasteiger partial charge on any atom is -0.389 e. The van der Waals surface area contributed by atoms with Crippen LogP contribution >= 0.6 is 23.6 Å². The van der Waals surface area contributed by atoms with Gasteiger partial charge in [-0.15, -0.1) is 11.3 Å². The van der Waals surface area contributed by atoms with Crippen molar-refractivity contribution in [1.29, 1.82) is 0 Å². The topological polar surface area (TPSA) is 57.4 Å². The second-order valence-electron chi connectivity index (χ2n) is 3.63. The molecule has 1 aromatic rings. The molecule has 0 aliphatic carbocycles. The summed E-state index contributed by atoms with van der Waals surface area (Å²) in [7, 11) is 1.63. The van der Waals surface area contributed by atoms with E-state index in [1.165, 1.54) is 11.3 Å². The minimum atomic E-state index is 0.115. The second-order valence-corrected chi connectivity index (χ2v) is 5.10. The molecule has 1 aromatic heterocycles. The van der Waals surface area contributed by atoms with Crippen LogP contribution in [0, 0.1) is 0 Å². The van der Waals surface area contributed by atoms with Crippen LogP contribution in [0.4, 0.5) is 0 Å². The summed E-state index contributed by atoms with van der Waals surface area (Å²) >= 11 is 6.53. The van der Waals surface area contributed by atoms with Gasteiger partial charge in [0.05, 0.1) is 17.2 Å². The highest BCUT2D eigenvalue weighted by Crippen LogP contribution is 2.33. The molecule has 1 fully saturated rings. The predicted molar refractivity (Wildman–Crippen MR) is 66.6 cm³/mol. The van der Waals surface area contributed by atoms with E-state index in [1.54, 1.807) is 7.11 Å². The molecule has 1 aliphatic heterocycles. The quantitative estimate of drug-likeness (QED) is 0.834. The van der Waals surface area contributed by atoms with Crippen LogP contribution in [-0.2, 0) is 16.1 Å². The standard InChI is InChI=1S/C10H14N2O2S2/c1-13-5-6-8(9(11)15)16-10(12-6)7-3-2-4-14-7/h7H,2-5H2,1H3,(H2,11,15). The van der Waals surface area contributed by atoms with Crippen LogP contribution in [0.2, 0.25) is 0 Å². The van der Waals surface area contributed by atoms with E-state index in [0.29, 0.717) is 11.6 Å². The van der Waals surface area contributed by atoms with Gasteiger partial charge in [-0.1, -0.05) is 12.2 Å². The number of thiazole rings is 1. The molecule has 4 nitrogen and oxygen atoms in total. The maximum Gasteiger partial charge on any atom is 0.123 e. The Balaban J connectivity index is 2.26. The van der Waals surface area contributed by atoms with Gasteiger partial charge < -0.3 is 15.2 Å². The van der Waals surface area contributed by atoms with Gasteiger partial charge in [-0.05, 0) is 12.8 Å². The fraction of sp³-hybridized carbons (Fsp3) is 0.600. The van der Waals surface area contributed by atoms with Gasteiger partial charge >= 0.3 is 0 Å². The van der Waals surface area contributed by atoms with Crippen LogP contribution in [0.3, 0.4) is 0 Å². The van der Waals surface area contributed by atoms with Crippen molar-refractivity contribution in [2.45, 2.75) is 25.6 Å². The number of nitrogens with zero attached hydrogens (tertiary/aromatic N) is 1. The van der Waals surface area contributed by atoms with Crippen molar-refractivity contribution in [3.8, 4) is 0 Å². The Labute approximate surface area is 104 Å². The third kappa shape index (κ3) is 2.40. The number of aromatic nitrogens is 1. The van der Waals surface area contributed by atoms with Crippen molar-refractivity contribution in [1.82, 2.24) is 4.98 Å². The number of nitrogens with two attached hydrogens (primary N) is 1. The molecule has 0 radical (unpaired) electrons. The van der Waals surface area contributed by atoms with Gasteiger partial charge in [-0.25, -0.2) is 4.98 Å². The highest BCUT2D eigenvalue weighted by atomic mass is 32.1. The molecule has 1 unspecified atom stereocenters. The van der Waals surface area contributed by atoms with Crippen molar-refractivity contribution in [2.75, 3.05) is 13.7 Å². The Morgan fingerprint density at radius 3 is 3.12 bits per heavy atom. The van der Waals surface area contributed by atoms with Crippen molar-refractivity contribution < 1.29 is 9.47 Å². The molecule has 1 atom stereocenters. The van der Waals surface area contributed by atoms with Crippen LogP contribution in [0.5, 0.6) is 0 Å². The van der Waals surface area contributed by atoms with Crippen LogP contribution < -0.4 is 5.73 Å². The number of rotatable bonds is 4. The monoisotopic (exact) mass is 258 g/mol. The first kappa shape index (κ1) is 11.9. The molecule has 2 rings (SSSR count). The van der Waals surface area contributed by atoms with Gasteiger partial charge in [0, 0.05) is 13.7 Å². The first-order chi connectivity index (χ1) is 7.72. The molecule has 6 heteroatoms. The summed E-state index contributed by atoms with van der Waals surface area (Å²) in [5, 5.41) is 0.965. The molecule has 1 aliphatic rings. The van der Waals surface area contributed by atoms with E-state index >= 15 is 0 Å². The van der Waals surface area contributed by atoms with Gasteiger partial charge in [0.2, 0.25) is 0 Å². The lowest BCUT2D eigenvalue weighted by atomic mass is 10.2. The molecule has 16 heavy (non-hydrogen) atoms. The number of thiocarbonyl (C=S) groups is 1. The predicted octanol–water partition coefficient (Wildman–Crippen LogP) is 1.78. The molecule has 0 aromatic carbocycles. The Morgan fingerprint density at radius 1 is 1.75 bits per heavy atom. The maximum atomic E-state index is 5.66. The lowest BCUT2D eigenvalue weighted by Gasteiger charge is -2.03. The van der Waals surface area contributed by atoms with E-state index in [0.717, 1.165) is 35.0 Å². The molecule has 0 bridgehead atoms. The summed E-state index contributed by atoms with van der Waals surface area (Å²) in [6.45, 7) is 1.25.